The van der Waals surface area contributed by atoms with Crippen molar-refractivity contribution in [1.29, 1.82) is 0 Å². The maximum absolute atomic E-state index is 12.5. The summed E-state index contributed by atoms with van der Waals surface area (Å²) in [5, 5.41) is 7.22. The van der Waals surface area contributed by atoms with Crippen molar-refractivity contribution < 1.29 is 9.59 Å². The second-order valence-electron chi connectivity index (χ2n) is 6.91. The van der Waals surface area contributed by atoms with Gasteiger partial charge in [0.1, 0.15) is 0 Å². The predicted molar refractivity (Wildman–Crippen MR) is 95.6 cm³/mol. The molecule has 1 aromatic rings. The molecular formula is C18H27N5O2. The normalized spacial score (nSPS) is 24.0. The lowest BCUT2D eigenvalue weighted by Crippen LogP contribution is -2.57. The van der Waals surface area contributed by atoms with Crippen molar-refractivity contribution in [2.45, 2.75) is 25.3 Å². The Morgan fingerprint density at radius 3 is 3.00 bits per heavy atom. The van der Waals surface area contributed by atoms with Crippen LogP contribution in [-0.4, -0.2) is 70.7 Å². The van der Waals surface area contributed by atoms with Crippen LogP contribution in [0.5, 0.6) is 0 Å². The molecule has 136 valence electrons. The highest BCUT2D eigenvalue weighted by Crippen LogP contribution is 2.31. The van der Waals surface area contributed by atoms with E-state index in [0.717, 1.165) is 38.0 Å². The minimum Gasteiger partial charge on any atom is -0.339 e. The number of hydrogen-bond donors (Lipinski definition) is 1. The van der Waals surface area contributed by atoms with Gasteiger partial charge >= 0.3 is 0 Å². The fourth-order valence-corrected chi connectivity index (χ4v) is 3.87. The predicted octanol–water partition coefficient (Wildman–Crippen LogP) is 0.492. The summed E-state index contributed by atoms with van der Waals surface area (Å²) < 4.78 is 1.72. The number of aryl methyl sites for hydroxylation is 1. The van der Waals surface area contributed by atoms with Gasteiger partial charge in [-0.15, -0.1) is 0 Å². The number of likely N-dealkylation sites (tertiary alicyclic amines) is 2. The fraction of sp³-hybridized carbons (Fsp3) is 0.611. The molecule has 2 amide bonds. The summed E-state index contributed by atoms with van der Waals surface area (Å²) >= 11 is 0. The molecule has 0 unspecified atom stereocenters. The van der Waals surface area contributed by atoms with Gasteiger partial charge in [0, 0.05) is 63.5 Å². The quantitative estimate of drug-likeness (QED) is 0.789. The highest BCUT2D eigenvalue weighted by Gasteiger charge is 2.39. The van der Waals surface area contributed by atoms with Crippen molar-refractivity contribution in [1.82, 2.24) is 24.9 Å². The van der Waals surface area contributed by atoms with Crippen molar-refractivity contribution in [3.63, 3.8) is 0 Å². The number of carbonyl (C=O) groups is 2. The van der Waals surface area contributed by atoms with Gasteiger partial charge in [-0.05, 0) is 31.9 Å². The first-order chi connectivity index (χ1) is 12.1. The molecule has 0 bridgehead atoms. The number of likely N-dealkylation sites (N-methyl/N-ethyl adjacent to an activating group) is 1. The summed E-state index contributed by atoms with van der Waals surface area (Å²) in [4.78, 5) is 28.7. The van der Waals surface area contributed by atoms with E-state index in [1.807, 2.05) is 36.2 Å². The first kappa shape index (κ1) is 17.7. The molecule has 0 spiro atoms. The van der Waals surface area contributed by atoms with Crippen molar-refractivity contribution in [3.05, 3.63) is 24.0 Å². The molecule has 3 heterocycles. The van der Waals surface area contributed by atoms with Crippen LogP contribution in [0, 0.1) is 5.92 Å². The number of nitrogens with zero attached hydrogens (tertiary/aromatic N) is 4. The molecule has 0 aromatic carbocycles. The van der Waals surface area contributed by atoms with Gasteiger partial charge < -0.3 is 15.1 Å². The van der Waals surface area contributed by atoms with Crippen LogP contribution >= 0.6 is 0 Å². The zero-order valence-corrected chi connectivity index (χ0v) is 15.0. The smallest absolute Gasteiger partial charge is 0.246 e. The van der Waals surface area contributed by atoms with E-state index in [2.05, 4.69) is 10.4 Å². The zero-order chi connectivity index (χ0) is 17.8. The second kappa shape index (κ2) is 7.82. The van der Waals surface area contributed by atoms with Crippen LogP contribution in [0.4, 0.5) is 0 Å². The maximum Gasteiger partial charge on any atom is 0.246 e. The minimum atomic E-state index is 0.0426. The summed E-state index contributed by atoms with van der Waals surface area (Å²) in [6.45, 7) is 3.02. The third-order valence-corrected chi connectivity index (χ3v) is 5.20. The third-order valence-electron chi connectivity index (χ3n) is 5.20. The molecule has 0 saturated carbocycles. The van der Waals surface area contributed by atoms with E-state index in [4.69, 9.17) is 0 Å². The van der Waals surface area contributed by atoms with Crippen LogP contribution in [0.25, 0.3) is 6.08 Å². The van der Waals surface area contributed by atoms with Crippen LogP contribution in [-0.2, 0) is 16.6 Å². The van der Waals surface area contributed by atoms with Crippen LogP contribution in [0.1, 0.15) is 24.8 Å². The summed E-state index contributed by atoms with van der Waals surface area (Å²) in [5.74, 6) is 0.688. The lowest BCUT2D eigenvalue weighted by molar-refractivity contribution is -0.142. The molecule has 25 heavy (non-hydrogen) atoms. The Bertz CT molecular complexity index is 654. The molecule has 3 rings (SSSR count). The number of aromatic nitrogens is 2. The van der Waals surface area contributed by atoms with Crippen LogP contribution < -0.4 is 5.32 Å². The van der Waals surface area contributed by atoms with Crippen LogP contribution in [0.3, 0.4) is 0 Å². The SMILES string of the molecule is CNCCN1C(=O)CC[C@H]2CN(C(=O)/C=C/c3cnn(C)c3)CC[C@H]21. The standard InChI is InChI=1S/C18H27N5O2/c1-19-8-10-23-16-7-9-22(13-15(16)4-6-18(23)25)17(24)5-3-14-11-20-21(2)12-14/h3,5,11-12,15-16,19H,4,6-10,13H2,1-2H3/b5-3+/t15-,16+/m0/s1. The summed E-state index contributed by atoms with van der Waals surface area (Å²) in [5.41, 5.74) is 0.923. The van der Waals surface area contributed by atoms with Crippen molar-refractivity contribution in [2.75, 3.05) is 33.2 Å². The molecule has 2 saturated heterocycles. The van der Waals surface area contributed by atoms with E-state index in [-0.39, 0.29) is 17.9 Å². The lowest BCUT2D eigenvalue weighted by Gasteiger charge is -2.47. The number of rotatable bonds is 5. The number of nitrogens with one attached hydrogen (secondary N) is 1. The van der Waals surface area contributed by atoms with E-state index < -0.39 is 0 Å². The van der Waals surface area contributed by atoms with Crippen molar-refractivity contribution in [3.8, 4) is 0 Å². The summed E-state index contributed by atoms with van der Waals surface area (Å²) in [7, 11) is 3.76. The molecule has 2 atom stereocenters. The Labute approximate surface area is 148 Å². The van der Waals surface area contributed by atoms with E-state index in [1.54, 1.807) is 17.0 Å². The number of amides is 2. The molecule has 7 heteroatoms. The molecule has 0 radical (unpaired) electrons. The Morgan fingerprint density at radius 2 is 2.28 bits per heavy atom. The number of fused-ring (bicyclic) bond motifs is 1. The monoisotopic (exact) mass is 345 g/mol. The van der Waals surface area contributed by atoms with Gasteiger partial charge in [0.15, 0.2) is 0 Å². The molecular weight excluding hydrogens is 318 g/mol. The second-order valence-corrected chi connectivity index (χ2v) is 6.91. The molecule has 1 aromatic heterocycles. The first-order valence-electron chi connectivity index (χ1n) is 8.98. The number of hydrogen-bond acceptors (Lipinski definition) is 4. The number of carbonyl (C=O) groups excluding carboxylic acids is 2. The molecule has 2 aliphatic heterocycles. The van der Waals surface area contributed by atoms with Crippen LogP contribution in [0.15, 0.2) is 18.5 Å². The third kappa shape index (κ3) is 4.10. The fourth-order valence-electron chi connectivity index (χ4n) is 3.87. The van der Waals surface area contributed by atoms with Gasteiger partial charge in [-0.25, -0.2) is 0 Å². The highest BCUT2D eigenvalue weighted by molar-refractivity contribution is 5.91. The zero-order valence-electron chi connectivity index (χ0n) is 15.0. The highest BCUT2D eigenvalue weighted by atomic mass is 16.2. The maximum atomic E-state index is 12.5. The topological polar surface area (TPSA) is 70.5 Å². The van der Waals surface area contributed by atoms with Gasteiger partial charge in [-0.1, -0.05) is 0 Å². The Kier molecular flexibility index (Phi) is 5.53. The Morgan fingerprint density at radius 1 is 1.44 bits per heavy atom. The van der Waals surface area contributed by atoms with Crippen molar-refractivity contribution in [2.24, 2.45) is 13.0 Å². The van der Waals surface area contributed by atoms with E-state index >= 15 is 0 Å². The molecule has 7 nitrogen and oxygen atoms in total. The Hall–Kier alpha value is -2.15. The van der Waals surface area contributed by atoms with E-state index in [1.165, 1.54) is 0 Å². The molecule has 2 fully saturated rings. The van der Waals surface area contributed by atoms with E-state index in [0.29, 0.717) is 18.9 Å². The minimum absolute atomic E-state index is 0.0426. The van der Waals surface area contributed by atoms with Gasteiger partial charge in [0.05, 0.1) is 6.20 Å². The van der Waals surface area contributed by atoms with Crippen LogP contribution in [0.2, 0.25) is 0 Å². The lowest BCUT2D eigenvalue weighted by atomic mass is 9.83. The number of piperidine rings is 2. The Balaban J connectivity index is 1.60. The van der Waals surface area contributed by atoms with Gasteiger partial charge in [0.25, 0.3) is 0 Å². The van der Waals surface area contributed by atoms with Gasteiger partial charge in [-0.2, -0.15) is 5.10 Å². The molecule has 0 aliphatic carbocycles. The summed E-state index contributed by atoms with van der Waals surface area (Å²) in [6.07, 6.45) is 9.40. The van der Waals surface area contributed by atoms with E-state index in [9.17, 15) is 9.59 Å². The largest absolute Gasteiger partial charge is 0.339 e. The average molecular weight is 345 g/mol. The molecule has 1 N–H and O–H groups in total. The molecule has 2 aliphatic rings. The van der Waals surface area contributed by atoms with Gasteiger partial charge in [0.2, 0.25) is 11.8 Å². The average Bonchev–Trinajstić information content (AvgIpc) is 3.04. The van der Waals surface area contributed by atoms with Crippen molar-refractivity contribution >= 4 is 17.9 Å². The first-order valence-corrected chi connectivity index (χ1v) is 8.98. The van der Waals surface area contributed by atoms with Gasteiger partial charge in [-0.3, -0.25) is 14.3 Å². The summed E-state index contributed by atoms with van der Waals surface area (Å²) in [6, 6.07) is 0.279.